The highest BCUT2D eigenvalue weighted by Gasteiger charge is 2.34. The first-order chi connectivity index (χ1) is 10.9. The summed E-state index contributed by atoms with van der Waals surface area (Å²) in [6.45, 7) is 4.81. The number of imide groups is 1. The van der Waals surface area contributed by atoms with E-state index in [4.69, 9.17) is 10.3 Å². The topological polar surface area (TPSA) is 89.7 Å². The highest BCUT2D eigenvalue weighted by atomic mass is 79.9. The van der Waals surface area contributed by atoms with E-state index in [1.54, 1.807) is 30.9 Å². The molecule has 0 aromatic heterocycles. The highest BCUT2D eigenvalue weighted by Crippen LogP contribution is 2.40. The van der Waals surface area contributed by atoms with Gasteiger partial charge >= 0.3 is 0 Å². The number of hydrogen-bond acceptors (Lipinski definition) is 5. The van der Waals surface area contributed by atoms with Gasteiger partial charge in [0.2, 0.25) is 7.37 Å². The predicted octanol–water partition coefficient (Wildman–Crippen LogP) is 2.57. The Kier molecular flexibility index (Phi) is 8.12. The lowest BCUT2D eigenvalue weighted by molar-refractivity contribution is 0.0665. The van der Waals surface area contributed by atoms with Gasteiger partial charge in [0.1, 0.15) is 0 Å². The number of halogens is 1. The van der Waals surface area contributed by atoms with Gasteiger partial charge in [-0.2, -0.15) is 0 Å². The molecule has 1 aromatic rings. The Labute approximate surface area is 144 Å². The molecule has 0 bridgehead atoms. The molecule has 1 heterocycles. The van der Waals surface area contributed by atoms with E-state index >= 15 is 0 Å². The second kappa shape index (κ2) is 9.33. The van der Waals surface area contributed by atoms with Crippen LogP contribution in [0.15, 0.2) is 24.3 Å². The normalized spacial score (nSPS) is 15.7. The average Bonchev–Trinajstić information content (AvgIpc) is 2.74. The highest BCUT2D eigenvalue weighted by molar-refractivity contribution is 9.09. The van der Waals surface area contributed by atoms with Gasteiger partial charge in [-0.3, -0.25) is 19.1 Å². The van der Waals surface area contributed by atoms with Crippen LogP contribution in [-0.4, -0.2) is 54.6 Å². The molecular formula is C15H22BrN2O4P. The van der Waals surface area contributed by atoms with Gasteiger partial charge in [0.15, 0.2) is 0 Å². The third kappa shape index (κ3) is 5.53. The Hall–Kier alpha value is -1.01. The summed E-state index contributed by atoms with van der Waals surface area (Å²) in [5.74, 6) is -0.380. The van der Waals surface area contributed by atoms with Crippen molar-refractivity contribution in [3.05, 3.63) is 35.4 Å². The molecule has 0 radical (unpaired) electrons. The van der Waals surface area contributed by atoms with Gasteiger partial charge < -0.3 is 10.3 Å². The second-order valence-corrected chi connectivity index (χ2v) is 8.47. The Morgan fingerprint density at radius 2 is 1.74 bits per heavy atom. The van der Waals surface area contributed by atoms with Crippen molar-refractivity contribution in [2.24, 2.45) is 5.73 Å². The number of nitrogens with zero attached hydrogens (tertiary/aromatic N) is 1. The van der Waals surface area contributed by atoms with E-state index in [1.807, 2.05) is 6.92 Å². The van der Waals surface area contributed by atoms with Crippen LogP contribution in [0.5, 0.6) is 0 Å². The predicted molar refractivity (Wildman–Crippen MR) is 94.7 cm³/mol. The first-order valence-electron chi connectivity index (χ1n) is 7.30. The lowest BCUT2D eigenvalue weighted by Gasteiger charge is -2.10. The second-order valence-electron chi connectivity index (χ2n) is 4.94. The van der Waals surface area contributed by atoms with Gasteiger partial charge in [0, 0.05) is 31.2 Å². The number of fused-ring (bicyclic) bond motifs is 1. The number of alkyl halides is 1. The zero-order chi connectivity index (χ0) is 17.5. The van der Waals surface area contributed by atoms with E-state index in [2.05, 4.69) is 15.9 Å². The summed E-state index contributed by atoms with van der Waals surface area (Å²) in [5.41, 5.74) is 6.22. The van der Waals surface area contributed by atoms with Gasteiger partial charge in [0.05, 0.1) is 17.7 Å². The van der Waals surface area contributed by atoms with Crippen molar-refractivity contribution in [3.8, 4) is 0 Å². The number of carbonyl (C=O) groups is 2. The Balaban J connectivity index is 0.000000257. The van der Waals surface area contributed by atoms with E-state index in [0.29, 0.717) is 42.3 Å². The Morgan fingerprint density at radius 1 is 1.22 bits per heavy atom. The fourth-order valence-electron chi connectivity index (χ4n) is 2.10. The van der Waals surface area contributed by atoms with Crippen LogP contribution >= 0.6 is 23.3 Å². The molecule has 1 aliphatic rings. The van der Waals surface area contributed by atoms with Crippen molar-refractivity contribution in [2.75, 3.05) is 37.9 Å². The monoisotopic (exact) mass is 404 g/mol. The largest absolute Gasteiger partial charge is 0.330 e. The van der Waals surface area contributed by atoms with Crippen LogP contribution in [0.2, 0.25) is 0 Å². The van der Waals surface area contributed by atoms with E-state index in [9.17, 15) is 14.2 Å². The molecule has 0 fully saturated rings. The first-order valence-corrected chi connectivity index (χ1v) is 10.7. The summed E-state index contributed by atoms with van der Waals surface area (Å²) in [6, 6.07) is 6.90. The van der Waals surface area contributed by atoms with Crippen molar-refractivity contribution in [1.82, 2.24) is 4.90 Å². The van der Waals surface area contributed by atoms with Crippen LogP contribution in [0.1, 0.15) is 27.6 Å². The fourth-order valence-corrected chi connectivity index (χ4v) is 3.60. The molecule has 2 rings (SSSR count). The maximum absolute atomic E-state index is 11.7. The van der Waals surface area contributed by atoms with E-state index < -0.39 is 7.37 Å². The maximum Gasteiger partial charge on any atom is 0.261 e. The summed E-state index contributed by atoms with van der Waals surface area (Å²) in [5, 5.41) is 0.610. The molecule has 128 valence electrons. The van der Waals surface area contributed by atoms with Crippen LogP contribution in [0.4, 0.5) is 0 Å². The Bertz CT molecular complexity index is 564. The molecular weight excluding hydrogens is 383 g/mol. The zero-order valence-electron chi connectivity index (χ0n) is 13.3. The summed E-state index contributed by atoms with van der Waals surface area (Å²) in [4.78, 5) is 24.6. The van der Waals surface area contributed by atoms with Crippen LogP contribution < -0.4 is 5.73 Å². The summed E-state index contributed by atoms with van der Waals surface area (Å²) in [7, 11) is -2.32. The third-order valence-corrected chi connectivity index (χ3v) is 5.35. The number of benzene rings is 1. The number of carbonyl (C=O) groups excluding carboxylic acids is 2. The fraction of sp³-hybridized carbons (Fsp3) is 0.467. The third-order valence-electron chi connectivity index (χ3n) is 3.12. The van der Waals surface area contributed by atoms with Crippen molar-refractivity contribution in [2.45, 2.75) is 6.92 Å². The number of hydrogen-bond donors (Lipinski definition) is 1. The minimum absolute atomic E-state index is 0.190. The molecule has 0 aliphatic carbocycles. The van der Waals surface area contributed by atoms with Crippen LogP contribution in [0.3, 0.4) is 0 Å². The van der Waals surface area contributed by atoms with Gasteiger partial charge in [0.25, 0.3) is 11.8 Å². The van der Waals surface area contributed by atoms with Gasteiger partial charge in [-0.15, -0.1) is 0 Å². The number of nitrogens with two attached hydrogens (primary N) is 1. The van der Waals surface area contributed by atoms with Crippen molar-refractivity contribution in [1.29, 1.82) is 0 Å². The maximum atomic E-state index is 11.7. The number of rotatable bonds is 6. The van der Waals surface area contributed by atoms with Gasteiger partial charge in [-0.25, -0.2) is 0 Å². The average molecular weight is 405 g/mol. The minimum atomic E-state index is -2.32. The number of amides is 2. The molecule has 23 heavy (non-hydrogen) atoms. The lowest BCUT2D eigenvalue weighted by atomic mass is 10.1. The van der Waals surface area contributed by atoms with Crippen LogP contribution in [-0.2, 0) is 9.09 Å². The molecule has 6 nitrogen and oxygen atoms in total. The summed E-state index contributed by atoms with van der Waals surface area (Å²) < 4.78 is 16.1. The van der Waals surface area contributed by atoms with E-state index in [1.165, 1.54) is 4.90 Å². The minimum Gasteiger partial charge on any atom is -0.330 e. The van der Waals surface area contributed by atoms with Crippen molar-refractivity contribution >= 4 is 35.1 Å². The molecule has 1 unspecified atom stereocenters. The van der Waals surface area contributed by atoms with E-state index in [-0.39, 0.29) is 11.8 Å². The molecule has 0 saturated carbocycles. The van der Waals surface area contributed by atoms with Gasteiger partial charge in [-0.05, 0) is 19.1 Å². The molecule has 2 amide bonds. The SMILES string of the molecule is CCOP(C)(=O)CCN.O=C1c2ccccc2C(=O)N1CCBr. The summed E-state index contributed by atoms with van der Waals surface area (Å²) >= 11 is 3.21. The molecule has 8 heteroatoms. The smallest absolute Gasteiger partial charge is 0.261 e. The molecule has 0 spiro atoms. The standard InChI is InChI=1S/C10H8BrNO2.C5H14NO2P/c11-5-6-12-9(13)7-3-1-2-4-8(7)10(12)14;1-3-8-9(2,7)5-4-6/h1-4H,5-6H2;3-6H2,1-2H3. The molecule has 1 atom stereocenters. The van der Waals surface area contributed by atoms with Crippen LogP contribution in [0, 0.1) is 0 Å². The van der Waals surface area contributed by atoms with Crippen LogP contribution in [0.25, 0.3) is 0 Å². The Morgan fingerprint density at radius 3 is 2.13 bits per heavy atom. The lowest BCUT2D eigenvalue weighted by Crippen LogP contribution is -2.31. The van der Waals surface area contributed by atoms with Crippen molar-refractivity contribution in [3.63, 3.8) is 0 Å². The van der Waals surface area contributed by atoms with Gasteiger partial charge in [-0.1, -0.05) is 28.1 Å². The van der Waals surface area contributed by atoms with Crippen molar-refractivity contribution < 1.29 is 18.7 Å². The zero-order valence-corrected chi connectivity index (χ0v) is 15.8. The molecule has 2 N–H and O–H groups in total. The molecule has 1 aromatic carbocycles. The van der Waals surface area contributed by atoms with E-state index in [0.717, 1.165) is 0 Å². The molecule has 1 aliphatic heterocycles. The summed E-state index contributed by atoms with van der Waals surface area (Å²) in [6.07, 6.45) is 0.487. The molecule has 0 saturated heterocycles. The quantitative estimate of drug-likeness (QED) is 0.447. The first kappa shape index (κ1) is 20.0.